The molecule has 2 atom stereocenters. The lowest BCUT2D eigenvalue weighted by Crippen LogP contribution is -2.20. The second-order valence-electron chi connectivity index (χ2n) is 3.03. The maximum Gasteiger partial charge on any atom is 0.310 e. The third kappa shape index (κ3) is 1.76. The zero-order chi connectivity index (χ0) is 8.97. The molecule has 3 heteroatoms. The third-order valence-electron chi connectivity index (χ3n) is 2.27. The highest BCUT2D eigenvalue weighted by Gasteiger charge is 2.33. The topological polar surface area (TPSA) is 50.1 Å². The van der Waals surface area contributed by atoms with Gasteiger partial charge >= 0.3 is 5.97 Å². The van der Waals surface area contributed by atoms with Crippen molar-refractivity contribution in [2.24, 2.45) is 11.8 Å². The fourth-order valence-electron chi connectivity index (χ4n) is 1.65. The molecule has 1 rings (SSSR count). The van der Waals surface area contributed by atoms with Gasteiger partial charge in [-0.3, -0.25) is 4.79 Å². The van der Waals surface area contributed by atoms with Gasteiger partial charge in [0.05, 0.1) is 24.5 Å². The lowest BCUT2D eigenvalue weighted by Gasteiger charge is -2.10. The average molecular weight is 167 g/mol. The van der Waals surface area contributed by atoms with Crippen molar-refractivity contribution in [2.75, 3.05) is 6.61 Å². The Hall–Kier alpha value is -1.04. The molecular formula is C9H13NO2. The quantitative estimate of drug-likeness (QED) is 0.585. The van der Waals surface area contributed by atoms with Crippen molar-refractivity contribution in [3.63, 3.8) is 0 Å². The largest absolute Gasteiger partial charge is 0.466 e. The van der Waals surface area contributed by atoms with Crippen molar-refractivity contribution in [3.8, 4) is 6.07 Å². The Balaban J connectivity index is 2.51. The van der Waals surface area contributed by atoms with E-state index >= 15 is 0 Å². The van der Waals surface area contributed by atoms with E-state index in [0.29, 0.717) is 6.61 Å². The number of rotatable bonds is 2. The Kier molecular flexibility index (Phi) is 3.09. The molecular weight excluding hydrogens is 154 g/mol. The van der Waals surface area contributed by atoms with Crippen molar-refractivity contribution >= 4 is 5.97 Å². The molecule has 3 nitrogen and oxygen atoms in total. The molecule has 0 aromatic heterocycles. The Morgan fingerprint density at radius 2 is 2.42 bits per heavy atom. The minimum absolute atomic E-state index is 0.107. The minimum Gasteiger partial charge on any atom is -0.466 e. The molecule has 0 aromatic rings. The number of esters is 1. The SMILES string of the molecule is CCOC(=O)C1CCCC1C#N. The van der Waals surface area contributed by atoms with Crippen LogP contribution in [0.3, 0.4) is 0 Å². The van der Waals surface area contributed by atoms with E-state index in [4.69, 9.17) is 10.00 Å². The number of carbonyl (C=O) groups excluding carboxylic acids is 1. The highest BCUT2D eigenvalue weighted by molar-refractivity contribution is 5.73. The Bertz CT molecular complexity index is 207. The lowest BCUT2D eigenvalue weighted by molar-refractivity contribution is -0.148. The molecule has 0 radical (unpaired) electrons. The van der Waals surface area contributed by atoms with Crippen LogP contribution in [0.2, 0.25) is 0 Å². The van der Waals surface area contributed by atoms with Crippen LogP contribution in [0.5, 0.6) is 0 Å². The molecule has 0 aromatic carbocycles. The zero-order valence-corrected chi connectivity index (χ0v) is 7.25. The molecule has 1 aliphatic rings. The van der Waals surface area contributed by atoms with E-state index in [1.165, 1.54) is 0 Å². The summed E-state index contributed by atoms with van der Waals surface area (Å²) in [5.41, 5.74) is 0. The summed E-state index contributed by atoms with van der Waals surface area (Å²) in [6.45, 7) is 2.20. The predicted molar refractivity (Wildman–Crippen MR) is 43.1 cm³/mol. The summed E-state index contributed by atoms with van der Waals surface area (Å²) in [5, 5.41) is 8.70. The maximum absolute atomic E-state index is 11.2. The van der Waals surface area contributed by atoms with Crippen LogP contribution in [-0.4, -0.2) is 12.6 Å². The van der Waals surface area contributed by atoms with Crippen LogP contribution in [0, 0.1) is 23.2 Å². The summed E-state index contributed by atoms with van der Waals surface area (Å²) in [7, 11) is 0. The second-order valence-corrected chi connectivity index (χ2v) is 3.03. The van der Waals surface area contributed by atoms with Gasteiger partial charge in [-0.25, -0.2) is 0 Å². The summed E-state index contributed by atoms with van der Waals surface area (Å²) in [6.07, 6.45) is 2.64. The van der Waals surface area contributed by atoms with Gasteiger partial charge < -0.3 is 4.74 Å². The van der Waals surface area contributed by atoms with E-state index < -0.39 is 0 Å². The summed E-state index contributed by atoms with van der Waals surface area (Å²) in [6, 6.07) is 2.15. The molecule has 0 N–H and O–H groups in total. The second kappa shape index (κ2) is 4.10. The van der Waals surface area contributed by atoms with Crippen molar-refractivity contribution in [1.82, 2.24) is 0 Å². The monoisotopic (exact) mass is 167 g/mol. The van der Waals surface area contributed by atoms with Gasteiger partial charge in [-0.2, -0.15) is 5.26 Å². The Labute approximate surface area is 72.3 Å². The van der Waals surface area contributed by atoms with E-state index in [-0.39, 0.29) is 17.8 Å². The van der Waals surface area contributed by atoms with Gasteiger partial charge in [-0.1, -0.05) is 6.42 Å². The van der Waals surface area contributed by atoms with Crippen LogP contribution in [0.25, 0.3) is 0 Å². The number of carbonyl (C=O) groups is 1. The van der Waals surface area contributed by atoms with E-state index in [0.717, 1.165) is 19.3 Å². The van der Waals surface area contributed by atoms with Crippen LogP contribution in [-0.2, 0) is 9.53 Å². The standard InChI is InChI=1S/C9H13NO2/c1-2-12-9(11)8-5-3-4-7(8)6-10/h7-8H,2-5H2,1H3. The minimum atomic E-state index is -0.193. The van der Waals surface area contributed by atoms with Gasteiger partial charge in [-0.05, 0) is 19.8 Å². The van der Waals surface area contributed by atoms with E-state index in [1.807, 2.05) is 0 Å². The van der Waals surface area contributed by atoms with Crippen LogP contribution < -0.4 is 0 Å². The lowest BCUT2D eigenvalue weighted by atomic mass is 9.98. The summed E-state index contributed by atoms with van der Waals surface area (Å²) >= 11 is 0. The van der Waals surface area contributed by atoms with Gasteiger partial charge in [0, 0.05) is 0 Å². The molecule has 0 spiro atoms. The zero-order valence-electron chi connectivity index (χ0n) is 7.25. The van der Waals surface area contributed by atoms with Crippen molar-refractivity contribution in [2.45, 2.75) is 26.2 Å². The third-order valence-corrected chi connectivity index (χ3v) is 2.27. The molecule has 0 bridgehead atoms. The number of ether oxygens (including phenoxy) is 1. The van der Waals surface area contributed by atoms with E-state index in [9.17, 15) is 4.79 Å². The smallest absolute Gasteiger partial charge is 0.310 e. The maximum atomic E-state index is 11.2. The molecule has 1 fully saturated rings. The van der Waals surface area contributed by atoms with Gasteiger partial charge in [0.1, 0.15) is 0 Å². The first-order valence-electron chi connectivity index (χ1n) is 4.35. The molecule has 12 heavy (non-hydrogen) atoms. The highest BCUT2D eigenvalue weighted by atomic mass is 16.5. The van der Waals surface area contributed by atoms with Crippen molar-refractivity contribution in [1.29, 1.82) is 5.26 Å². The van der Waals surface area contributed by atoms with Crippen LogP contribution in [0.4, 0.5) is 0 Å². The van der Waals surface area contributed by atoms with Crippen molar-refractivity contribution < 1.29 is 9.53 Å². The molecule has 0 heterocycles. The normalized spacial score (nSPS) is 28.0. The fourth-order valence-corrected chi connectivity index (χ4v) is 1.65. The molecule has 0 aliphatic heterocycles. The van der Waals surface area contributed by atoms with E-state index in [1.54, 1.807) is 6.92 Å². The van der Waals surface area contributed by atoms with Gasteiger partial charge in [0.15, 0.2) is 0 Å². The molecule has 66 valence electrons. The molecule has 1 aliphatic carbocycles. The number of nitriles is 1. The summed E-state index contributed by atoms with van der Waals surface area (Å²) in [5.74, 6) is -0.458. The number of hydrogen-bond acceptors (Lipinski definition) is 3. The Morgan fingerprint density at radius 3 is 3.00 bits per heavy atom. The molecule has 0 amide bonds. The summed E-state index contributed by atoms with van der Waals surface area (Å²) in [4.78, 5) is 11.2. The molecule has 2 unspecified atom stereocenters. The molecule has 1 saturated carbocycles. The van der Waals surface area contributed by atoms with E-state index in [2.05, 4.69) is 6.07 Å². The number of nitrogens with zero attached hydrogens (tertiary/aromatic N) is 1. The first kappa shape index (κ1) is 9.05. The molecule has 0 saturated heterocycles. The Morgan fingerprint density at radius 1 is 1.67 bits per heavy atom. The fraction of sp³-hybridized carbons (Fsp3) is 0.778. The van der Waals surface area contributed by atoms with Crippen LogP contribution in [0.15, 0.2) is 0 Å². The predicted octanol–water partition coefficient (Wildman–Crippen LogP) is 1.49. The number of hydrogen-bond donors (Lipinski definition) is 0. The van der Waals surface area contributed by atoms with Crippen molar-refractivity contribution in [3.05, 3.63) is 0 Å². The first-order valence-corrected chi connectivity index (χ1v) is 4.35. The van der Waals surface area contributed by atoms with Gasteiger partial charge in [-0.15, -0.1) is 0 Å². The van der Waals surface area contributed by atoms with Gasteiger partial charge in [0.2, 0.25) is 0 Å². The highest BCUT2D eigenvalue weighted by Crippen LogP contribution is 2.31. The summed E-state index contributed by atoms with van der Waals surface area (Å²) < 4.78 is 4.87. The first-order chi connectivity index (χ1) is 5.79. The average Bonchev–Trinajstić information content (AvgIpc) is 2.51. The van der Waals surface area contributed by atoms with Crippen LogP contribution >= 0.6 is 0 Å². The van der Waals surface area contributed by atoms with Crippen LogP contribution in [0.1, 0.15) is 26.2 Å². The van der Waals surface area contributed by atoms with Gasteiger partial charge in [0.25, 0.3) is 0 Å².